The van der Waals surface area contributed by atoms with Gasteiger partial charge in [-0.15, -0.1) is 13.2 Å². The lowest BCUT2D eigenvalue weighted by Crippen LogP contribution is -2.30. The first-order chi connectivity index (χ1) is 16.3. The fourth-order valence-electron chi connectivity index (χ4n) is 7.30. The summed E-state index contributed by atoms with van der Waals surface area (Å²) in [7, 11) is 0. The number of hydrogen-bond donors (Lipinski definition) is 0. The highest BCUT2D eigenvalue weighted by Crippen LogP contribution is 2.49. The second-order valence-electron chi connectivity index (χ2n) is 11.6. The van der Waals surface area contributed by atoms with Gasteiger partial charge in [0.25, 0.3) is 0 Å². The summed E-state index contributed by atoms with van der Waals surface area (Å²) in [5, 5.41) is 0. The first kappa shape index (κ1) is 25.8. The average Bonchev–Trinajstić information content (AvgIpc) is 2.82. The van der Waals surface area contributed by atoms with Crippen LogP contribution in [0.25, 0.3) is 0 Å². The molecule has 1 nitrogen and oxygen atoms in total. The van der Waals surface area contributed by atoms with Crippen LogP contribution in [0.1, 0.15) is 115 Å². The summed E-state index contributed by atoms with van der Waals surface area (Å²) in [6, 6.07) is 4.02. The number of ether oxygens (including phenoxy) is 1. The summed E-state index contributed by atoms with van der Waals surface area (Å²) in [5.74, 6) is 2.85. The minimum absolute atomic E-state index is 0.245. The first-order valence-electron chi connectivity index (χ1n) is 13.9. The summed E-state index contributed by atoms with van der Waals surface area (Å²) in [4.78, 5) is 0. The van der Waals surface area contributed by atoms with Crippen molar-refractivity contribution in [2.24, 2.45) is 29.6 Å². The predicted octanol–water partition coefficient (Wildman–Crippen LogP) is 9.80. The van der Waals surface area contributed by atoms with Gasteiger partial charge in [-0.2, -0.15) is 0 Å². The van der Waals surface area contributed by atoms with E-state index in [1.54, 1.807) is 6.07 Å². The van der Waals surface area contributed by atoms with Crippen molar-refractivity contribution in [3.05, 3.63) is 29.6 Å². The third-order valence-electron chi connectivity index (χ3n) is 9.29. The van der Waals surface area contributed by atoms with Crippen LogP contribution in [-0.2, 0) is 0 Å². The number of fused-ring (bicyclic) bond motifs is 1. The van der Waals surface area contributed by atoms with Crippen molar-refractivity contribution in [3.63, 3.8) is 0 Å². The molecule has 3 aliphatic carbocycles. The number of unbranched alkanes of at least 4 members (excludes halogenated alkanes) is 1. The molecule has 0 heterocycles. The van der Waals surface area contributed by atoms with Crippen LogP contribution in [0.4, 0.5) is 17.6 Å². The van der Waals surface area contributed by atoms with Gasteiger partial charge in [0.15, 0.2) is 11.6 Å². The lowest BCUT2D eigenvalue weighted by molar-refractivity contribution is -0.275. The summed E-state index contributed by atoms with van der Waals surface area (Å²) in [6.07, 6.45) is 15.0. The lowest BCUT2D eigenvalue weighted by atomic mass is 9.63. The topological polar surface area (TPSA) is 9.23 Å². The van der Waals surface area contributed by atoms with E-state index in [9.17, 15) is 17.6 Å². The molecule has 1 aromatic carbocycles. The standard InChI is InChI=1S/C29H42F4O/c1-2-3-4-20-5-7-21(8-6-20)9-10-22-11-12-24-18-25(14-13-23(24)17-22)26-15-16-28(27(30)19-26)34-29(31,32)33/h15-16,19-25H,2-14,17-18H2,1H3. The normalized spacial score (nSPS) is 32.3. The molecule has 4 rings (SSSR count). The molecule has 0 amide bonds. The molecule has 3 fully saturated rings. The number of hydrogen-bond acceptors (Lipinski definition) is 1. The number of halogens is 4. The minimum atomic E-state index is -4.87. The molecule has 4 atom stereocenters. The Bertz CT molecular complexity index is 768. The van der Waals surface area contributed by atoms with Crippen molar-refractivity contribution >= 4 is 0 Å². The number of benzene rings is 1. The first-order valence-corrected chi connectivity index (χ1v) is 13.9. The van der Waals surface area contributed by atoms with E-state index >= 15 is 0 Å². The molecule has 3 saturated carbocycles. The average molecular weight is 483 g/mol. The maximum absolute atomic E-state index is 14.2. The van der Waals surface area contributed by atoms with E-state index in [-0.39, 0.29) is 5.92 Å². The molecule has 0 spiro atoms. The van der Waals surface area contributed by atoms with E-state index in [2.05, 4.69) is 11.7 Å². The Hall–Kier alpha value is -1.26. The van der Waals surface area contributed by atoms with E-state index in [1.807, 2.05) is 0 Å². The molecule has 0 radical (unpaired) electrons. The molecule has 3 aliphatic rings. The van der Waals surface area contributed by atoms with Crippen molar-refractivity contribution in [1.29, 1.82) is 0 Å². The molecule has 192 valence electrons. The van der Waals surface area contributed by atoms with E-state index < -0.39 is 17.9 Å². The largest absolute Gasteiger partial charge is 0.573 e. The van der Waals surface area contributed by atoms with Gasteiger partial charge in [-0.05, 0) is 85.3 Å². The highest BCUT2D eigenvalue weighted by atomic mass is 19.4. The predicted molar refractivity (Wildman–Crippen MR) is 128 cm³/mol. The summed E-state index contributed by atoms with van der Waals surface area (Å²) in [5.41, 5.74) is 0.821. The smallest absolute Gasteiger partial charge is 0.403 e. The Balaban J connectivity index is 1.21. The van der Waals surface area contributed by atoms with Crippen molar-refractivity contribution in [2.75, 3.05) is 0 Å². The maximum atomic E-state index is 14.2. The van der Waals surface area contributed by atoms with Crippen LogP contribution in [0.15, 0.2) is 18.2 Å². The van der Waals surface area contributed by atoms with Gasteiger partial charge in [-0.25, -0.2) is 4.39 Å². The van der Waals surface area contributed by atoms with Gasteiger partial charge in [0.1, 0.15) is 0 Å². The Morgan fingerprint density at radius 1 is 0.794 bits per heavy atom. The minimum Gasteiger partial charge on any atom is -0.403 e. The van der Waals surface area contributed by atoms with Gasteiger partial charge >= 0.3 is 6.36 Å². The molecule has 0 bridgehead atoms. The second kappa shape index (κ2) is 11.6. The van der Waals surface area contributed by atoms with Crippen LogP contribution in [0.5, 0.6) is 5.75 Å². The maximum Gasteiger partial charge on any atom is 0.573 e. The van der Waals surface area contributed by atoms with Crippen LogP contribution in [0.2, 0.25) is 0 Å². The van der Waals surface area contributed by atoms with Crippen molar-refractivity contribution in [2.45, 2.75) is 116 Å². The number of rotatable bonds is 8. The van der Waals surface area contributed by atoms with E-state index in [4.69, 9.17) is 0 Å². The Labute approximate surface area is 203 Å². The Kier molecular flexibility index (Phi) is 8.85. The molecule has 0 aromatic heterocycles. The Morgan fingerprint density at radius 2 is 1.41 bits per heavy atom. The zero-order chi connectivity index (χ0) is 24.1. The fourth-order valence-corrected chi connectivity index (χ4v) is 7.30. The number of alkyl halides is 3. The van der Waals surface area contributed by atoms with Crippen LogP contribution >= 0.6 is 0 Å². The molecule has 4 unspecified atom stereocenters. The van der Waals surface area contributed by atoms with Crippen molar-refractivity contribution in [3.8, 4) is 5.75 Å². The third-order valence-corrected chi connectivity index (χ3v) is 9.29. The molecule has 1 aromatic rings. The molecule has 34 heavy (non-hydrogen) atoms. The molecule has 0 saturated heterocycles. The molecule has 5 heteroatoms. The van der Waals surface area contributed by atoms with Gasteiger partial charge < -0.3 is 4.74 Å². The van der Waals surface area contributed by atoms with Crippen molar-refractivity contribution < 1.29 is 22.3 Å². The van der Waals surface area contributed by atoms with Gasteiger partial charge in [0.05, 0.1) is 0 Å². The van der Waals surface area contributed by atoms with Gasteiger partial charge in [0.2, 0.25) is 0 Å². The zero-order valence-electron chi connectivity index (χ0n) is 20.7. The monoisotopic (exact) mass is 482 g/mol. The van der Waals surface area contributed by atoms with Crippen LogP contribution in [0, 0.1) is 35.4 Å². The lowest BCUT2D eigenvalue weighted by Gasteiger charge is -2.43. The Morgan fingerprint density at radius 3 is 2.09 bits per heavy atom. The summed E-state index contributed by atoms with van der Waals surface area (Å²) < 4.78 is 55.3. The molecule has 0 N–H and O–H groups in total. The van der Waals surface area contributed by atoms with Crippen LogP contribution in [-0.4, -0.2) is 6.36 Å². The SMILES string of the molecule is CCCCC1CCC(CCC2CCC3CC(c4ccc(OC(F)(F)F)c(F)c4)CCC3C2)CC1. The quantitative estimate of drug-likeness (QED) is 0.335. The molecule has 0 aliphatic heterocycles. The highest BCUT2D eigenvalue weighted by Gasteiger charge is 2.37. The summed E-state index contributed by atoms with van der Waals surface area (Å²) >= 11 is 0. The van der Waals surface area contributed by atoms with Gasteiger partial charge in [-0.1, -0.05) is 77.2 Å². The van der Waals surface area contributed by atoms with Crippen LogP contribution in [0.3, 0.4) is 0 Å². The van der Waals surface area contributed by atoms with E-state index in [1.165, 1.54) is 83.1 Å². The molecular weight excluding hydrogens is 440 g/mol. The van der Waals surface area contributed by atoms with Crippen LogP contribution < -0.4 is 4.74 Å². The third kappa shape index (κ3) is 7.13. The molecular formula is C29H42F4O. The van der Waals surface area contributed by atoms with Crippen molar-refractivity contribution in [1.82, 2.24) is 0 Å². The van der Waals surface area contributed by atoms with E-state index in [0.29, 0.717) is 5.92 Å². The summed E-state index contributed by atoms with van der Waals surface area (Å²) in [6.45, 7) is 2.29. The van der Waals surface area contributed by atoms with E-state index in [0.717, 1.165) is 54.6 Å². The van der Waals surface area contributed by atoms with Gasteiger partial charge in [0, 0.05) is 0 Å². The fraction of sp³-hybridized carbons (Fsp3) is 0.793. The zero-order valence-corrected chi connectivity index (χ0v) is 20.7. The second-order valence-corrected chi connectivity index (χ2v) is 11.6. The van der Waals surface area contributed by atoms with Gasteiger partial charge in [-0.3, -0.25) is 0 Å². The highest BCUT2D eigenvalue weighted by molar-refractivity contribution is 5.32.